The van der Waals surface area contributed by atoms with Crippen molar-refractivity contribution in [1.29, 1.82) is 0 Å². The lowest BCUT2D eigenvalue weighted by atomic mass is 9.95. The van der Waals surface area contributed by atoms with Crippen LogP contribution in [0.3, 0.4) is 0 Å². The molecule has 14 heavy (non-hydrogen) atoms. The third-order valence-corrected chi connectivity index (χ3v) is 3.43. The second-order valence-electron chi connectivity index (χ2n) is 4.77. The van der Waals surface area contributed by atoms with E-state index in [2.05, 4.69) is 41.2 Å². The summed E-state index contributed by atoms with van der Waals surface area (Å²) in [5.74, 6) is 0.910. The molecule has 0 spiro atoms. The first-order valence-corrected chi connectivity index (χ1v) is 5.63. The molecule has 1 aliphatic rings. The Morgan fingerprint density at radius 3 is 1.57 bits per heavy atom. The first kappa shape index (κ1) is 16.2. The molecule has 0 N–H and O–H groups in total. The molecule has 1 rings (SSSR count). The highest BCUT2D eigenvalue weighted by Crippen LogP contribution is 2.50. The van der Waals surface area contributed by atoms with E-state index in [1.165, 1.54) is 18.4 Å². The van der Waals surface area contributed by atoms with E-state index < -0.39 is 0 Å². The van der Waals surface area contributed by atoms with Crippen LogP contribution in [0.2, 0.25) is 0 Å². The van der Waals surface area contributed by atoms with E-state index in [-0.39, 0.29) is 7.43 Å². The van der Waals surface area contributed by atoms with Crippen LogP contribution >= 0.6 is 0 Å². The van der Waals surface area contributed by atoms with Crippen LogP contribution in [0, 0.1) is 11.3 Å². The van der Waals surface area contributed by atoms with Gasteiger partial charge >= 0.3 is 0 Å². The highest BCUT2D eigenvalue weighted by Gasteiger charge is 2.39. The zero-order valence-corrected chi connectivity index (χ0v) is 10.1. The molecule has 1 aliphatic carbocycles. The molecule has 0 atom stereocenters. The maximum Gasteiger partial charge on any atom is -0.0302 e. The minimum Gasteiger partial charge on any atom is -0.0999 e. The van der Waals surface area contributed by atoms with Gasteiger partial charge in [0.2, 0.25) is 0 Å². The van der Waals surface area contributed by atoms with Crippen LogP contribution in [0.1, 0.15) is 67.7 Å². The maximum atomic E-state index is 3.79. The van der Waals surface area contributed by atoms with Gasteiger partial charge in [0, 0.05) is 0 Å². The summed E-state index contributed by atoms with van der Waals surface area (Å²) in [5, 5.41) is 0. The fourth-order valence-corrected chi connectivity index (χ4v) is 1.02. The SMILES string of the molecule is C.C=C(CC)CC.CC(C)C1(C)CC1. The summed E-state index contributed by atoms with van der Waals surface area (Å²) in [6.45, 7) is 15.1. The van der Waals surface area contributed by atoms with Gasteiger partial charge in [0.1, 0.15) is 0 Å². The molecule has 0 bridgehead atoms. The fourth-order valence-electron chi connectivity index (χ4n) is 1.02. The quantitative estimate of drug-likeness (QED) is 0.530. The standard InChI is InChI=1S/C7H14.C6H12.CH4/c1-6(2)7(3)4-5-7;1-4-6(3)5-2;/h6H,4-5H2,1-3H3;3-5H2,1-2H3;1H4. The number of allylic oxidation sites excluding steroid dienone is 1. The Bertz CT molecular complexity index is 143. The zero-order chi connectivity index (χ0) is 10.5. The van der Waals surface area contributed by atoms with Gasteiger partial charge < -0.3 is 0 Å². The Morgan fingerprint density at radius 1 is 1.21 bits per heavy atom. The van der Waals surface area contributed by atoms with E-state index in [4.69, 9.17) is 0 Å². The number of hydrogen-bond donors (Lipinski definition) is 0. The van der Waals surface area contributed by atoms with Crippen LogP contribution < -0.4 is 0 Å². The normalized spacial score (nSPS) is 16.4. The Labute approximate surface area is 91.8 Å². The third kappa shape index (κ3) is 6.23. The van der Waals surface area contributed by atoms with Gasteiger partial charge in [0.25, 0.3) is 0 Å². The molecular formula is C14H30. The summed E-state index contributed by atoms with van der Waals surface area (Å²) < 4.78 is 0. The number of hydrogen-bond acceptors (Lipinski definition) is 0. The van der Waals surface area contributed by atoms with Crippen molar-refractivity contribution in [2.45, 2.75) is 67.7 Å². The molecule has 0 aromatic heterocycles. The average Bonchev–Trinajstić information content (AvgIpc) is 2.85. The highest BCUT2D eigenvalue weighted by atomic mass is 14.4. The van der Waals surface area contributed by atoms with E-state index >= 15 is 0 Å². The van der Waals surface area contributed by atoms with Crippen molar-refractivity contribution < 1.29 is 0 Å². The Morgan fingerprint density at radius 2 is 1.57 bits per heavy atom. The van der Waals surface area contributed by atoms with Crippen molar-refractivity contribution >= 4 is 0 Å². The van der Waals surface area contributed by atoms with Gasteiger partial charge in [-0.15, -0.1) is 0 Å². The van der Waals surface area contributed by atoms with Crippen molar-refractivity contribution in [2.75, 3.05) is 0 Å². The molecule has 0 saturated heterocycles. The Hall–Kier alpha value is -0.260. The maximum absolute atomic E-state index is 3.79. The van der Waals surface area contributed by atoms with Gasteiger partial charge in [0.15, 0.2) is 0 Å². The average molecular weight is 198 g/mol. The summed E-state index contributed by atoms with van der Waals surface area (Å²) in [6, 6.07) is 0. The summed E-state index contributed by atoms with van der Waals surface area (Å²) >= 11 is 0. The van der Waals surface area contributed by atoms with Crippen molar-refractivity contribution in [3.05, 3.63) is 12.2 Å². The molecule has 0 heterocycles. The Balaban J connectivity index is 0. The molecular weight excluding hydrogens is 168 g/mol. The molecule has 0 unspecified atom stereocenters. The largest absolute Gasteiger partial charge is 0.0999 e. The zero-order valence-electron chi connectivity index (χ0n) is 10.1. The lowest BCUT2D eigenvalue weighted by molar-refractivity contribution is 0.397. The molecule has 1 saturated carbocycles. The van der Waals surface area contributed by atoms with Crippen molar-refractivity contribution in [3.63, 3.8) is 0 Å². The molecule has 0 aromatic carbocycles. The Kier molecular flexibility index (Phi) is 8.19. The summed E-state index contributed by atoms with van der Waals surface area (Å²) in [6.07, 6.45) is 5.20. The molecule has 0 aliphatic heterocycles. The van der Waals surface area contributed by atoms with Crippen LogP contribution in [0.15, 0.2) is 12.2 Å². The second-order valence-corrected chi connectivity index (χ2v) is 4.77. The lowest BCUT2D eigenvalue weighted by Crippen LogP contribution is -2.01. The lowest BCUT2D eigenvalue weighted by Gasteiger charge is -2.10. The topological polar surface area (TPSA) is 0 Å². The molecule has 0 aromatic rings. The predicted molar refractivity (Wildman–Crippen MR) is 68.6 cm³/mol. The van der Waals surface area contributed by atoms with Crippen LogP contribution in [0.25, 0.3) is 0 Å². The minimum absolute atomic E-state index is 0. The van der Waals surface area contributed by atoms with Crippen molar-refractivity contribution in [3.8, 4) is 0 Å². The van der Waals surface area contributed by atoms with Crippen molar-refractivity contribution in [1.82, 2.24) is 0 Å². The smallest absolute Gasteiger partial charge is 0.0302 e. The predicted octanol–water partition coefficient (Wildman–Crippen LogP) is 5.44. The highest BCUT2D eigenvalue weighted by molar-refractivity contribution is 4.90. The van der Waals surface area contributed by atoms with Crippen molar-refractivity contribution in [2.24, 2.45) is 11.3 Å². The van der Waals surface area contributed by atoms with Gasteiger partial charge in [-0.05, 0) is 37.0 Å². The van der Waals surface area contributed by atoms with Crippen LogP contribution in [-0.2, 0) is 0 Å². The summed E-state index contributed by atoms with van der Waals surface area (Å²) in [7, 11) is 0. The van der Waals surface area contributed by atoms with Gasteiger partial charge in [0.05, 0.1) is 0 Å². The van der Waals surface area contributed by atoms with Gasteiger partial charge in [-0.2, -0.15) is 0 Å². The fraction of sp³-hybridized carbons (Fsp3) is 0.857. The molecule has 0 heteroatoms. The summed E-state index contributed by atoms with van der Waals surface area (Å²) in [5.41, 5.74) is 2.09. The van der Waals surface area contributed by atoms with Gasteiger partial charge in [-0.3, -0.25) is 0 Å². The van der Waals surface area contributed by atoms with E-state index in [0.717, 1.165) is 24.2 Å². The minimum atomic E-state index is 0. The van der Waals surface area contributed by atoms with E-state index in [0.29, 0.717) is 0 Å². The molecule has 1 fully saturated rings. The van der Waals surface area contributed by atoms with E-state index in [1.54, 1.807) is 0 Å². The van der Waals surface area contributed by atoms with E-state index in [9.17, 15) is 0 Å². The number of rotatable bonds is 3. The first-order chi connectivity index (χ1) is 5.96. The van der Waals surface area contributed by atoms with Crippen LogP contribution in [0.5, 0.6) is 0 Å². The molecule has 0 radical (unpaired) electrons. The molecule has 86 valence electrons. The monoisotopic (exact) mass is 198 g/mol. The van der Waals surface area contributed by atoms with E-state index in [1.807, 2.05) is 0 Å². The third-order valence-electron chi connectivity index (χ3n) is 3.43. The summed E-state index contributed by atoms with van der Waals surface area (Å²) in [4.78, 5) is 0. The molecule has 0 nitrogen and oxygen atoms in total. The van der Waals surface area contributed by atoms with Crippen LogP contribution in [-0.4, -0.2) is 0 Å². The van der Waals surface area contributed by atoms with Gasteiger partial charge in [-0.25, -0.2) is 0 Å². The van der Waals surface area contributed by atoms with Gasteiger partial charge in [-0.1, -0.05) is 54.2 Å². The van der Waals surface area contributed by atoms with Crippen LogP contribution in [0.4, 0.5) is 0 Å². The second kappa shape index (κ2) is 7.09. The first-order valence-electron chi connectivity index (χ1n) is 5.63. The molecule has 0 amide bonds.